The van der Waals surface area contributed by atoms with Gasteiger partial charge < -0.3 is 10.6 Å². The van der Waals surface area contributed by atoms with Gasteiger partial charge >= 0.3 is 0 Å². The number of hydrogen-bond acceptors (Lipinski definition) is 4. The summed E-state index contributed by atoms with van der Waals surface area (Å²) in [6.45, 7) is 2.94. The van der Waals surface area contributed by atoms with E-state index in [1.54, 1.807) is 4.90 Å². The van der Waals surface area contributed by atoms with Gasteiger partial charge in [0.2, 0.25) is 10.0 Å². The molecule has 3 N–H and O–H groups in total. The van der Waals surface area contributed by atoms with E-state index in [1.807, 2.05) is 6.92 Å². The average Bonchev–Trinajstić information content (AvgIpc) is 2.47. The number of carbonyl (C=O) groups excluding carboxylic acids is 1. The van der Waals surface area contributed by atoms with Crippen LogP contribution < -0.4 is 10.5 Å². The summed E-state index contributed by atoms with van der Waals surface area (Å²) in [4.78, 5) is 14.3. The number of hydrogen-bond donors (Lipinski definition) is 2. The molecule has 6 nitrogen and oxygen atoms in total. The van der Waals surface area contributed by atoms with Crippen LogP contribution in [0.5, 0.6) is 0 Å². The third-order valence-corrected chi connectivity index (χ3v) is 4.59. The molecule has 1 aromatic carbocycles. The van der Waals surface area contributed by atoms with E-state index in [9.17, 15) is 17.6 Å². The van der Waals surface area contributed by atoms with Crippen molar-refractivity contribution in [1.29, 1.82) is 0 Å². The van der Waals surface area contributed by atoms with Crippen LogP contribution in [0.1, 0.15) is 30.1 Å². The predicted octanol–water partition coefficient (Wildman–Crippen LogP) is 1.82. The molecule has 2 atom stereocenters. The summed E-state index contributed by atoms with van der Waals surface area (Å²) in [5, 5.41) is 0. The fourth-order valence-electron chi connectivity index (χ4n) is 2.78. The molecular formula is C15H23ClFN3O3S. The van der Waals surface area contributed by atoms with E-state index in [0.29, 0.717) is 13.1 Å². The second-order valence-electron chi connectivity index (χ2n) is 6.08. The van der Waals surface area contributed by atoms with Crippen molar-refractivity contribution >= 4 is 34.0 Å². The van der Waals surface area contributed by atoms with Gasteiger partial charge in [0, 0.05) is 19.1 Å². The van der Waals surface area contributed by atoms with Crippen LogP contribution >= 0.6 is 12.4 Å². The van der Waals surface area contributed by atoms with E-state index in [2.05, 4.69) is 4.72 Å². The molecule has 0 aliphatic carbocycles. The number of halogens is 2. The first-order chi connectivity index (χ1) is 10.7. The average molecular weight is 380 g/mol. The zero-order valence-corrected chi connectivity index (χ0v) is 15.3. The second-order valence-corrected chi connectivity index (χ2v) is 7.83. The van der Waals surface area contributed by atoms with Gasteiger partial charge in [0.25, 0.3) is 5.91 Å². The van der Waals surface area contributed by atoms with Gasteiger partial charge in [0.05, 0.1) is 17.5 Å². The SMILES string of the molecule is CC(N)C1CCCN(C(=O)c2cc(F)ccc2NS(C)(=O)=O)C1.Cl. The molecule has 0 spiro atoms. The Balaban J connectivity index is 0.00000288. The Hall–Kier alpha value is -1.38. The topological polar surface area (TPSA) is 92.5 Å². The number of anilines is 1. The van der Waals surface area contributed by atoms with Crippen LogP contribution in [0.2, 0.25) is 0 Å². The molecule has 0 bridgehead atoms. The lowest BCUT2D eigenvalue weighted by Gasteiger charge is -2.35. The smallest absolute Gasteiger partial charge is 0.256 e. The lowest BCUT2D eigenvalue weighted by atomic mass is 9.92. The van der Waals surface area contributed by atoms with Gasteiger partial charge in [-0.25, -0.2) is 12.8 Å². The highest BCUT2D eigenvalue weighted by Crippen LogP contribution is 2.24. The number of rotatable bonds is 4. The maximum atomic E-state index is 13.5. The molecule has 9 heteroatoms. The molecule has 0 radical (unpaired) electrons. The van der Waals surface area contributed by atoms with Crippen LogP contribution in [0.3, 0.4) is 0 Å². The first-order valence-electron chi connectivity index (χ1n) is 7.49. The Morgan fingerprint density at radius 3 is 2.71 bits per heavy atom. The van der Waals surface area contributed by atoms with E-state index in [1.165, 1.54) is 6.07 Å². The van der Waals surface area contributed by atoms with Crippen LogP contribution in [-0.2, 0) is 10.0 Å². The number of carbonyl (C=O) groups is 1. The number of sulfonamides is 1. The Labute approximate surface area is 148 Å². The first kappa shape index (κ1) is 20.7. The summed E-state index contributed by atoms with van der Waals surface area (Å²) in [5.74, 6) is -0.790. The third-order valence-electron chi connectivity index (χ3n) is 4.00. The minimum absolute atomic E-state index is 0. The van der Waals surface area contributed by atoms with Gasteiger partial charge in [0.15, 0.2) is 0 Å². The van der Waals surface area contributed by atoms with Crippen LogP contribution in [0.4, 0.5) is 10.1 Å². The summed E-state index contributed by atoms with van der Waals surface area (Å²) in [6, 6.07) is 3.40. The number of piperidine rings is 1. The van der Waals surface area contributed by atoms with Crippen LogP contribution in [0.25, 0.3) is 0 Å². The standard InChI is InChI=1S/C15H22FN3O3S.ClH/c1-10(17)11-4-3-7-19(9-11)15(20)13-8-12(16)5-6-14(13)18-23(2,21)22;/h5-6,8,10-11,18H,3-4,7,9,17H2,1-2H3;1H. The summed E-state index contributed by atoms with van der Waals surface area (Å²) >= 11 is 0. The van der Waals surface area contributed by atoms with Gasteiger partial charge in [-0.3, -0.25) is 9.52 Å². The minimum Gasteiger partial charge on any atom is -0.338 e. The molecule has 1 saturated heterocycles. The number of amides is 1. The van der Waals surface area contributed by atoms with Crippen molar-refractivity contribution in [2.75, 3.05) is 24.1 Å². The fourth-order valence-corrected chi connectivity index (χ4v) is 3.35. The Morgan fingerprint density at radius 2 is 2.12 bits per heavy atom. The minimum atomic E-state index is -3.56. The molecule has 1 fully saturated rings. The van der Waals surface area contributed by atoms with E-state index in [0.717, 1.165) is 31.2 Å². The van der Waals surface area contributed by atoms with E-state index in [4.69, 9.17) is 5.73 Å². The number of benzene rings is 1. The number of nitrogens with two attached hydrogens (primary N) is 1. The van der Waals surface area contributed by atoms with Crippen molar-refractivity contribution in [1.82, 2.24) is 4.90 Å². The van der Waals surface area contributed by atoms with Crippen molar-refractivity contribution in [3.05, 3.63) is 29.6 Å². The van der Waals surface area contributed by atoms with E-state index < -0.39 is 15.8 Å². The Morgan fingerprint density at radius 1 is 1.46 bits per heavy atom. The molecule has 136 valence electrons. The molecule has 1 aromatic rings. The summed E-state index contributed by atoms with van der Waals surface area (Å²) in [6.07, 6.45) is 2.75. The quantitative estimate of drug-likeness (QED) is 0.834. The number of nitrogens with one attached hydrogen (secondary N) is 1. The molecule has 1 aliphatic rings. The summed E-state index contributed by atoms with van der Waals surface area (Å²) in [7, 11) is -3.56. The molecule has 24 heavy (non-hydrogen) atoms. The Kier molecular flexibility index (Phi) is 7.00. The molecule has 2 unspecified atom stereocenters. The number of nitrogens with zero attached hydrogens (tertiary/aromatic N) is 1. The van der Waals surface area contributed by atoms with Gasteiger partial charge in [-0.1, -0.05) is 0 Å². The maximum Gasteiger partial charge on any atom is 0.256 e. The van der Waals surface area contributed by atoms with Crippen molar-refractivity contribution in [3.8, 4) is 0 Å². The third kappa shape index (κ3) is 5.32. The first-order valence-corrected chi connectivity index (χ1v) is 9.38. The van der Waals surface area contributed by atoms with Gasteiger partial charge in [-0.05, 0) is 43.9 Å². The highest BCUT2D eigenvalue weighted by Gasteiger charge is 2.28. The molecule has 1 heterocycles. The monoisotopic (exact) mass is 379 g/mol. The number of likely N-dealkylation sites (tertiary alicyclic amines) is 1. The normalized spacial score (nSPS) is 19.3. The molecular weight excluding hydrogens is 357 g/mol. The van der Waals surface area contributed by atoms with Crippen molar-refractivity contribution < 1.29 is 17.6 Å². The van der Waals surface area contributed by atoms with Crippen LogP contribution in [-0.4, -0.2) is 44.6 Å². The second kappa shape index (κ2) is 8.13. The lowest BCUT2D eigenvalue weighted by molar-refractivity contribution is 0.0661. The van der Waals surface area contributed by atoms with Crippen molar-refractivity contribution in [2.45, 2.75) is 25.8 Å². The highest BCUT2D eigenvalue weighted by molar-refractivity contribution is 7.92. The summed E-state index contributed by atoms with van der Waals surface area (Å²) in [5.41, 5.74) is 6.02. The maximum absolute atomic E-state index is 13.5. The molecule has 2 rings (SSSR count). The molecule has 1 amide bonds. The fraction of sp³-hybridized carbons (Fsp3) is 0.533. The van der Waals surface area contributed by atoms with E-state index >= 15 is 0 Å². The van der Waals surface area contributed by atoms with Crippen molar-refractivity contribution in [2.24, 2.45) is 11.7 Å². The molecule has 0 saturated carbocycles. The molecule has 0 aromatic heterocycles. The predicted molar refractivity (Wildman–Crippen MR) is 94.4 cm³/mol. The zero-order chi connectivity index (χ0) is 17.2. The van der Waals surface area contributed by atoms with Gasteiger partial charge in [-0.2, -0.15) is 0 Å². The largest absolute Gasteiger partial charge is 0.338 e. The lowest BCUT2D eigenvalue weighted by Crippen LogP contribution is -2.45. The van der Waals surface area contributed by atoms with Crippen molar-refractivity contribution in [3.63, 3.8) is 0 Å². The zero-order valence-electron chi connectivity index (χ0n) is 13.7. The van der Waals surface area contributed by atoms with Crippen LogP contribution in [0.15, 0.2) is 18.2 Å². The summed E-state index contributed by atoms with van der Waals surface area (Å²) < 4.78 is 38.7. The Bertz CT molecular complexity index is 697. The van der Waals surface area contributed by atoms with E-state index in [-0.39, 0.29) is 41.5 Å². The van der Waals surface area contributed by atoms with Crippen LogP contribution in [0, 0.1) is 11.7 Å². The van der Waals surface area contributed by atoms with Gasteiger partial charge in [-0.15, -0.1) is 12.4 Å². The van der Waals surface area contributed by atoms with Gasteiger partial charge in [0.1, 0.15) is 5.82 Å². The highest BCUT2D eigenvalue weighted by atomic mass is 35.5. The molecule has 1 aliphatic heterocycles.